The molecule has 0 N–H and O–H groups in total. The van der Waals surface area contributed by atoms with Gasteiger partial charge in [0.1, 0.15) is 6.04 Å². The van der Waals surface area contributed by atoms with Crippen LogP contribution in [0.15, 0.2) is 10.3 Å². The normalized spacial score (nSPS) is 20.8. The number of rotatable bonds is 7. The minimum atomic E-state index is -0.0500. The SMILES string of the molecule is CCC(C)(C)CN1CC(COC(C)(C)CC)N=N1. The summed E-state index contributed by atoms with van der Waals surface area (Å²) in [4.78, 5) is 0. The molecular formula is C14H29N3O. The lowest BCUT2D eigenvalue weighted by Gasteiger charge is -2.28. The van der Waals surface area contributed by atoms with E-state index in [2.05, 4.69) is 56.9 Å². The predicted octanol–water partition coefficient (Wildman–Crippen LogP) is 3.68. The molecular weight excluding hydrogens is 226 g/mol. The van der Waals surface area contributed by atoms with Crippen LogP contribution in [0.2, 0.25) is 0 Å². The summed E-state index contributed by atoms with van der Waals surface area (Å²) in [5, 5.41) is 10.6. The minimum absolute atomic E-state index is 0.0500. The zero-order chi connectivity index (χ0) is 13.8. The summed E-state index contributed by atoms with van der Waals surface area (Å²) < 4.78 is 5.89. The van der Waals surface area contributed by atoms with E-state index in [9.17, 15) is 0 Å². The molecule has 0 aromatic rings. The van der Waals surface area contributed by atoms with Crippen molar-refractivity contribution in [2.45, 2.75) is 66.0 Å². The molecule has 0 aromatic heterocycles. The molecule has 4 heteroatoms. The van der Waals surface area contributed by atoms with Crippen LogP contribution in [-0.2, 0) is 4.74 Å². The Bertz CT molecular complexity index is 287. The lowest BCUT2D eigenvalue weighted by molar-refractivity contribution is -0.0265. The van der Waals surface area contributed by atoms with Gasteiger partial charge in [0, 0.05) is 6.54 Å². The van der Waals surface area contributed by atoms with Gasteiger partial charge in [-0.3, -0.25) is 5.01 Å². The van der Waals surface area contributed by atoms with Crippen LogP contribution < -0.4 is 0 Å². The molecule has 1 atom stereocenters. The van der Waals surface area contributed by atoms with Gasteiger partial charge in [-0.15, -0.1) is 0 Å². The average molecular weight is 255 g/mol. The molecule has 0 bridgehead atoms. The van der Waals surface area contributed by atoms with Gasteiger partial charge in [0.05, 0.1) is 18.8 Å². The first-order chi connectivity index (χ1) is 8.28. The van der Waals surface area contributed by atoms with Crippen molar-refractivity contribution < 1.29 is 4.74 Å². The Balaban J connectivity index is 2.33. The fraction of sp³-hybridized carbons (Fsp3) is 1.00. The van der Waals surface area contributed by atoms with Gasteiger partial charge < -0.3 is 4.74 Å². The molecule has 106 valence electrons. The maximum absolute atomic E-state index is 5.89. The van der Waals surface area contributed by atoms with E-state index in [1.165, 1.54) is 0 Å². The largest absolute Gasteiger partial charge is 0.373 e. The van der Waals surface area contributed by atoms with Crippen molar-refractivity contribution in [3.05, 3.63) is 0 Å². The van der Waals surface area contributed by atoms with Crippen LogP contribution in [-0.4, -0.2) is 36.3 Å². The Hall–Kier alpha value is -0.640. The summed E-state index contributed by atoms with van der Waals surface area (Å²) in [6, 6.07) is 0.198. The van der Waals surface area contributed by atoms with Crippen LogP contribution >= 0.6 is 0 Å². The lowest BCUT2D eigenvalue weighted by Crippen LogP contribution is -2.34. The molecule has 1 aliphatic rings. The summed E-state index contributed by atoms with van der Waals surface area (Å²) >= 11 is 0. The molecule has 0 aliphatic carbocycles. The van der Waals surface area contributed by atoms with Gasteiger partial charge in [-0.2, -0.15) is 5.11 Å². The van der Waals surface area contributed by atoms with E-state index in [0.717, 1.165) is 25.9 Å². The molecule has 18 heavy (non-hydrogen) atoms. The Labute approximate surface area is 112 Å². The van der Waals surface area contributed by atoms with Crippen LogP contribution in [0.5, 0.6) is 0 Å². The highest BCUT2D eigenvalue weighted by Crippen LogP contribution is 2.24. The van der Waals surface area contributed by atoms with Gasteiger partial charge in [0.15, 0.2) is 0 Å². The first-order valence-electron chi connectivity index (χ1n) is 7.07. The molecule has 0 amide bonds. The Morgan fingerprint density at radius 3 is 2.39 bits per heavy atom. The second-order valence-corrected chi connectivity index (χ2v) is 6.65. The molecule has 1 heterocycles. The van der Waals surface area contributed by atoms with Gasteiger partial charge in [-0.1, -0.05) is 32.9 Å². The molecule has 0 saturated heterocycles. The molecule has 1 unspecified atom stereocenters. The number of hydrogen-bond donors (Lipinski definition) is 0. The van der Waals surface area contributed by atoms with E-state index in [-0.39, 0.29) is 11.6 Å². The topological polar surface area (TPSA) is 37.2 Å². The Kier molecular flexibility index (Phi) is 5.14. The van der Waals surface area contributed by atoms with E-state index in [1.807, 2.05) is 0 Å². The highest BCUT2D eigenvalue weighted by atomic mass is 16.5. The van der Waals surface area contributed by atoms with Crippen LogP contribution in [0.4, 0.5) is 0 Å². The third-order valence-corrected chi connectivity index (χ3v) is 3.85. The predicted molar refractivity (Wildman–Crippen MR) is 74.6 cm³/mol. The van der Waals surface area contributed by atoms with Gasteiger partial charge in [0.2, 0.25) is 0 Å². The average Bonchev–Trinajstić information content (AvgIpc) is 2.74. The molecule has 0 radical (unpaired) electrons. The van der Waals surface area contributed by atoms with Gasteiger partial charge in [0.25, 0.3) is 0 Å². The minimum Gasteiger partial charge on any atom is -0.373 e. The van der Waals surface area contributed by atoms with Crippen molar-refractivity contribution >= 4 is 0 Å². The van der Waals surface area contributed by atoms with Gasteiger partial charge >= 0.3 is 0 Å². The third-order valence-electron chi connectivity index (χ3n) is 3.85. The van der Waals surface area contributed by atoms with Crippen molar-refractivity contribution in [2.75, 3.05) is 19.7 Å². The van der Waals surface area contributed by atoms with Crippen molar-refractivity contribution in [3.8, 4) is 0 Å². The summed E-state index contributed by atoms with van der Waals surface area (Å²) in [7, 11) is 0. The standard InChI is InChI=1S/C14H29N3O/c1-7-13(3,4)11-17-9-12(15-16-17)10-18-14(5,6)8-2/h12H,7-11H2,1-6H3. The van der Waals surface area contributed by atoms with E-state index in [4.69, 9.17) is 4.74 Å². The van der Waals surface area contributed by atoms with E-state index in [0.29, 0.717) is 12.0 Å². The number of ether oxygens (including phenoxy) is 1. The number of nitrogens with zero attached hydrogens (tertiary/aromatic N) is 3. The second kappa shape index (κ2) is 6.00. The smallest absolute Gasteiger partial charge is 0.115 e. The van der Waals surface area contributed by atoms with Crippen LogP contribution in [0.3, 0.4) is 0 Å². The summed E-state index contributed by atoms with van der Waals surface area (Å²) in [5.41, 5.74) is 0.253. The third kappa shape index (κ3) is 4.92. The quantitative estimate of drug-likeness (QED) is 0.696. The van der Waals surface area contributed by atoms with Gasteiger partial charge in [-0.05, 0) is 32.1 Å². The van der Waals surface area contributed by atoms with Crippen LogP contribution in [0, 0.1) is 5.41 Å². The molecule has 0 aromatic carbocycles. The Morgan fingerprint density at radius 2 is 1.83 bits per heavy atom. The molecule has 0 fully saturated rings. The van der Waals surface area contributed by atoms with E-state index >= 15 is 0 Å². The Morgan fingerprint density at radius 1 is 1.17 bits per heavy atom. The second-order valence-electron chi connectivity index (χ2n) is 6.65. The first-order valence-corrected chi connectivity index (χ1v) is 7.07. The van der Waals surface area contributed by atoms with Crippen LogP contribution in [0.25, 0.3) is 0 Å². The maximum Gasteiger partial charge on any atom is 0.115 e. The van der Waals surface area contributed by atoms with Crippen molar-refractivity contribution in [1.82, 2.24) is 5.01 Å². The molecule has 4 nitrogen and oxygen atoms in total. The summed E-state index contributed by atoms with van der Waals surface area (Å²) in [6.45, 7) is 15.7. The fourth-order valence-corrected chi connectivity index (χ4v) is 1.67. The highest BCUT2D eigenvalue weighted by Gasteiger charge is 2.27. The molecule has 1 aliphatic heterocycles. The monoisotopic (exact) mass is 255 g/mol. The molecule has 0 spiro atoms. The van der Waals surface area contributed by atoms with Crippen molar-refractivity contribution in [1.29, 1.82) is 0 Å². The summed E-state index contributed by atoms with van der Waals surface area (Å²) in [6.07, 6.45) is 2.17. The van der Waals surface area contributed by atoms with Crippen LogP contribution in [0.1, 0.15) is 54.4 Å². The molecule has 1 rings (SSSR count). The summed E-state index contributed by atoms with van der Waals surface area (Å²) in [5.74, 6) is 0. The van der Waals surface area contributed by atoms with Crippen molar-refractivity contribution in [2.24, 2.45) is 15.8 Å². The van der Waals surface area contributed by atoms with E-state index < -0.39 is 0 Å². The molecule has 0 saturated carbocycles. The highest BCUT2D eigenvalue weighted by molar-refractivity contribution is 4.79. The number of hydrogen-bond acceptors (Lipinski definition) is 4. The maximum atomic E-state index is 5.89. The van der Waals surface area contributed by atoms with Gasteiger partial charge in [-0.25, -0.2) is 0 Å². The lowest BCUT2D eigenvalue weighted by atomic mass is 9.90. The first kappa shape index (κ1) is 15.4. The zero-order valence-corrected chi connectivity index (χ0v) is 12.9. The fourth-order valence-electron chi connectivity index (χ4n) is 1.67. The van der Waals surface area contributed by atoms with Crippen molar-refractivity contribution in [3.63, 3.8) is 0 Å². The zero-order valence-electron chi connectivity index (χ0n) is 12.9. The van der Waals surface area contributed by atoms with E-state index in [1.54, 1.807) is 0 Å².